The third kappa shape index (κ3) is 5.12. The van der Waals surface area contributed by atoms with E-state index in [1.807, 2.05) is 0 Å². The SMILES string of the molecule is CC1CCC(CCC(C)CC2CCCCC2C)CC1. The Hall–Kier alpha value is 0. The van der Waals surface area contributed by atoms with Crippen LogP contribution in [0.3, 0.4) is 0 Å². The van der Waals surface area contributed by atoms with Crippen LogP contribution in [-0.2, 0) is 0 Å². The first-order valence-corrected chi connectivity index (χ1v) is 9.15. The van der Waals surface area contributed by atoms with Crippen molar-refractivity contribution >= 4 is 0 Å². The molecule has 0 heterocycles. The lowest BCUT2D eigenvalue weighted by Crippen LogP contribution is -2.20. The normalized spacial score (nSPS) is 38.1. The van der Waals surface area contributed by atoms with Crippen molar-refractivity contribution in [1.82, 2.24) is 0 Å². The molecule has 3 unspecified atom stereocenters. The molecule has 112 valence electrons. The van der Waals surface area contributed by atoms with Gasteiger partial charge in [-0.2, -0.15) is 0 Å². The van der Waals surface area contributed by atoms with Crippen LogP contribution in [0.4, 0.5) is 0 Å². The van der Waals surface area contributed by atoms with Gasteiger partial charge >= 0.3 is 0 Å². The van der Waals surface area contributed by atoms with Gasteiger partial charge in [0.25, 0.3) is 0 Å². The Morgan fingerprint density at radius 2 is 1.58 bits per heavy atom. The molecule has 0 N–H and O–H groups in total. The molecule has 0 saturated heterocycles. The summed E-state index contributed by atoms with van der Waals surface area (Å²) in [5.74, 6) is 5.12. The largest absolute Gasteiger partial charge is 0.0625 e. The van der Waals surface area contributed by atoms with Crippen molar-refractivity contribution in [2.75, 3.05) is 0 Å². The summed E-state index contributed by atoms with van der Waals surface area (Å²) in [6.07, 6.45) is 16.6. The number of rotatable bonds is 5. The minimum Gasteiger partial charge on any atom is -0.0625 e. The quantitative estimate of drug-likeness (QED) is 0.535. The van der Waals surface area contributed by atoms with E-state index in [9.17, 15) is 0 Å². The molecule has 0 nitrogen and oxygen atoms in total. The van der Waals surface area contributed by atoms with Crippen LogP contribution in [0.5, 0.6) is 0 Å². The molecule has 0 aromatic heterocycles. The summed E-state index contributed by atoms with van der Waals surface area (Å²) in [6.45, 7) is 7.45. The van der Waals surface area contributed by atoms with Crippen LogP contribution in [0, 0.1) is 29.6 Å². The minimum absolute atomic E-state index is 0.977. The molecular formula is C19H36. The van der Waals surface area contributed by atoms with Crippen LogP contribution in [0.15, 0.2) is 0 Å². The summed E-state index contributed by atoms with van der Waals surface area (Å²) < 4.78 is 0. The van der Waals surface area contributed by atoms with Crippen molar-refractivity contribution < 1.29 is 0 Å². The maximum atomic E-state index is 2.52. The molecule has 2 rings (SSSR count). The highest BCUT2D eigenvalue weighted by molar-refractivity contribution is 4.76. The lowest BCUT2D eigenvalue weighted by atomic mass is 9.74. The second-order valence-corrected chi connectivity index (χ2v) is 8.07. The number of hydrogen-bond donors (Lipinski definition) is 0. The summed E-state index contributed by atoms with van der Waals surface area (Å²) in [5, 5.41) is 0. The molecule has 19 heavy (non-hydrogen) atoms. The van der Waals surface area contributed by atoms with Gasteiger partial charge in [-0.15, -0.1) is 0 Å². The Morgan fingerprint density at radius 3 is 2.26 bits per heavy atom. The molecular weight excluding hydrogens is 228 g/mol. The molecule has 0 aromatic rings. The van der Waals surface area contributed by atoms with Gasteiger partial charge in [0.15, 0.2) is 0 Å². The van der Waals surface area contributed by atoms with E-state index in [-0.39, 0.29) is 0 Å². The molecule has 2 fully saturated rings. The van der Waals surface area contributed by atoms with Crippen LogP contribution in [-0.4, -0.2) is 0 Å². The summed E-state index contributed by atoms with van der Waals surface area (Å²) in [6, 6.07) is 0. The van der Waals surface area contributed by atoms with E-state index in [4.69, 9.17) is 0 Å². The van der Waals surface area contributed by atoms with Crippen molar-refractivity contribution in [3.05, 3.63) is 0 Å². The van der Waals surface area contributed by atoms with Crippen molar-refractivity contribution in [2.24, 2.45) is 29.6 Å². The molecule has 3 atom stereocenters. The predicted octanol–water partition coefficient (Wildman–Crippen LogP) is 6.45. The average Bonchev–Trinajstić information content (AvgIpc) is 2.41. The van der Waals surface area contributed by atoms with E-state index in [0.29, 0.717) is 0 Å². The van der Waals surface area contributed by atoms with Crippen LogP contribution < -0.4 is 0 Å². The summed E-state index contributed by atoms with van der Waals surface area (Å²) >= 11 is 0. The van der Waals surface area contributed by atoms with Gasteiger partial charge in [-0.1, -0.05) is 85.0 Å². The highest BCUT2D eigenvalue weighted by Crippen LogP contribution is 2.36. The Kier molecular flexibility index (Phi) is 6.23. The van der Waals surface area contributed by atoms with Gasteiger partial charge in [0.1, 0.15) is 0 Å². The molecule has 0 aromatic carbocycles. The zero-order valence-corrected chi connectivity index (χ0v) is 13.7. The third-order valence-corrected chi connectivity index (χ3v) is 6.20. The second kappa shape index (κ2) is 7.70. The second-order valence-electron chi connectivity index (χ2n) is 8.07. The number of hydrogen-bond acceptors (Lipinski definition) is 0. The van der Waals surface area contributed by atoms with E-state index < -0.39 is 0 Å². The first kappa shape index (κ1) is 15.4. The Balaban J connectivity index is 1.62. The average molecular weight is 264 g/mol. The zero-order chi connectivity index (χ0) is 13.7. The standard InChI is InChI=1S/C19H36/c1-15-8-11-18(12-9-15)13-10-16(2)14-19-7-5-4-6-17(19)3/h15-19H,4-14H2,1-3H3. The summed E-state index contributed by atoms with van der Waals surface area (Å²) in [7, 11) is 0. The van der Waals surface area contributed by atoms with Crippen molar-refractivity contribution in [3.8, 4) is 0 Å². The van der Waals surface area contributed by atoms with E-state index in [1.54, 1.807) is 0 Å². The van der Waals surface area contributed by atoms with Crippen LogP contribution in [0.1, 0.15) is 91.4 Å². The smallest absolute Gasteiger partial charge is 0.0386 e. The first-order chi connectivity index (χ1) is 9.15. The lowest BCUT2D eigenvalue weighted by Gasteiger charge is -2.32. The highest BCUT2D eigenvalue weighted by Gasteiger charge is 2.24. The minimum atomic E-state index is 0.977. The highest BCUT2D eigenvalue weighted by atomic mass is 14.3. The summed E-state index contributed by atoms with van der Waals surface area (Å²) in [5.41, 5.74) is 0. The monoisotopic (exact) mass is 264 g/mol. The fourth-order valence-corrected chi connectivity index (χ4v) is 4.52. The third-order valence-electron chi connectivity index (χ3n) is 6.20. The van der Waals surface area contributed by atoms with Crippen LogP contribution in [0.25, 0.3) is 0 Å². The maximum Gasteiger partial charge on any atom is -0.0386 e. The fraction of sp³-hybridized carbons (Fsp3) is 1.00. The van der Waals surface area contributed by atoms with Crippen molar-refractivity contribution in [2.45, 2.75) is 91.4 Å². The van der Waals surface area contributed by atoms with Crippen LogP contribution in [0.2, 0.25) is 0 Å². The van der Waals surface area contributed by atoms with Crippen LogP contribution >= 0.6 is 0 Å². The Bertz CT molecular complexity index is 236. The Morgan fingerprint density at radius 1 is 0.895 bits per heavy atom. The first-order valence-electron chi connectivity index (χ1n) is 9.15. The lowest BCUT2D eigenvalue weighted by molar-refractivity contribution is 0.200. The van der Waals surface area contributed by atoms with Crippen molar-refractivity contribution in [1.29, 1.82) is 0 Å². The van der Waals surface area contributed by atoms with E-state index in [0.717, 1.165) is 29.6 Å². The molecule has 0 radical (unpaired) electrons. The van der Waals surface area contributed by atoms with Gasteiger partial charge in [0.2, 0.25) is 0 Å². The van der Waals surface area contributed by atoms with E-state index in [2.05, 4.69) is 20.8 Å². The van der Waals surface area contributed by atoms with Gasteiger partial charge in [-0.3, -0.25) is 0 Å². The molecule has 2 aliphatic carbocycles. The summed E-state index contributed by atoms with van der Waals surface area (Å²) in [4.78, 5) is 0. The van der Waals surface area contributed by atoms with E-state index >= 15 is 0 Å². The molecule has 0 heteroatoms. The topological polar surface area (TPSA) is 0 Å². The maximum absolute atomic E-state index is 2.52. The van der Waals surface area contributed by atoms with Gasteiger partial charge in [0.05, 0.1) is 0 Å². The molecule has 2 saturated carbocycles. The molecule has 0 aliphatic heterocycles. The molecule has 2 aliphatic rings. The van der Waals surface area contributed by atoms with Gasteiger partial charge in [0, 0.05) is 0 Å². The van der Waals surface area contributed by atoms with Gasteiger partial charge in [-0.25, -0.2) is 0 Å². The van der Waals surface area contributed by atoms with Gasteiger partial charge < -0.3 is 0 Å². The fourth-order valence-electron chi connectivity index (χ4n) is 4.52. The van der Waals surface area contributed by atoms with Gasteiger partial charge in [-0.05, 0) is 36.0 Å². The van der Waals surface area contributed by atoms with Crippen molar-refractivity contribution in [3.63, 3.8) is 0 Å². The predicted molar refractivity (Wildman–Crippen MR) is 85.3 cm³/mol. The van der Waals surface area contributed by atoms with E-state index in [1.165, 1.54) is 70.6 Å². The Labute approximate surface area is 121 Å². The molecule has 0 spiro atoms. The molecule has 0 bridgehead atoms. The molecule has 0 amide bonds. The zero-order valence-electron chi connectivity index (χ0n) is 13.7.